The van der Waals surface area contributed by atoms with Crippen LogP contribution in [0.25, 0.3) is 10.9 Å². The van der Waals surface area contributed by atoms with Crippen LogP contribution in [0.15, 0.2) is 30.3 Å². The van der Waals surface area contributed by atoms with E-state index < -0.39 is 0 Å². The topological polar surface area (TPSA) is 63.7 Å². The molecule has 1 amide bonds. The highest BCUT2D eigenvalue weighted by atomic mass is 32.1. The predicted molar refractivity (Wildman–Crippen MR) is 133 cm³/mol. The first kappa shape index (κ1) is 23.2. The molecule has 1 aromatic carbocycles. The number of carbonyl (C=O) groups excluding carboxylic acids is 1. The van der Waals surface area contributed by atoms with E-state index in [1.807, 2.05) is 24.0 Å². The Balaban J connectivity index is 1.56. The molecular formula is C23H34N6OS. The number of hydrogen-bond acceptors (Lipinski definition) is 5. The lowest BCUT2D eigenvalue weighted by atomic mass is 10.2. The summed E-state index contributed by atoms with van der Waals surface area (Å²) in [6.07, 6.45) is 0.569. The second kappa shape index (κ2) is 11.2. The van der Waals surface area contributed by atoms with Crippen molar-refractivity contribution in [1.29, 1.82) is 0 Å². The van der Waals surface area contributed by atoms with Gasteiger partial charge < -0.3 is 25.3 Å². The van der Waals surface area contributed by atoms with Crippen molar-refractivity contribution in [3.05, 3.63) is 30.3 Å². The van der Waals surface area contributed by atoms with Crippen molar-refractivity contribution in [3.63, 3.8) is 0 Å². The van der Waals surface area contributed by atoms with Gasteiger partial charge in [0.15, 0.2) is 5.11 Å². The summed E-state index contributed by atoms with van der Waals surface area (Å²) in [5.74, 6) is 1.19. The molecule has 0 aliphatic carbocycles. The fourth-order valence-corrected chi connectivity index (χ4v) is 4.04. The molecule has 0 bridgehead atoms. The summed E-state index contributed by atoms with van der Waals surface area (Å²) in [5, 5.41) is 8.25. The van der Waals surface area contributed by atoms with Crippen LogP contribution in [0, 0.1) is 0 Å². The summed E-state index contributed by atoms with van der Waals surface area (Å²) >= 11 is 5.43. The molecule has 3 rings (SSSR count). The van der Waals surface area contributed by atoms with Gasteiger partial charge in [0.2, 0.25) is 5.91 Å². The van der Waals surface area contributed by atoms with E-state index in [1.54, 1.807) is 0 Å². The fourth-order valence-electron chi connectivity index (χ4n) is 3.82. The van der Waals surface area contributed by atoms with Crippen LogP contribution >= 0.6 is 12.2 Å². The Morgan fingerprint density at radius 2 is 1.84 bits per heavy atom. The van der Waals surface area contributed by atoms with Gasteiger partial charge in [-0.25, -0.2) is 4.98 Å². The fraction of sp³-hybridized carbons (Fsp3) is 0.522. The quantitative estimate of drug-likeness (QED) is 0.610. The number of nitrogens with one attached hydrogen (secondary N) is 2. The molecule has 7 nitrogen and oxygen atoms in total. The van der Waals surface area contributed by atoms with Crippen LogP contribution < -0.4 is 15.5 Å². The van der Waals surface area contributed by atoms with Gasteiger partial charge in [0.25, 0.3) is 0 Å². The largest absolute Gasteiger partial charge is 0.361 e. The van der Waals surface area contributed by atoms with Gasteiger partial charge >= 0.3 is 0 Å². The van der Waals surface area contributed by atoms with Crippen LogP contribution in [0.3, 0.4) is 0 Å². The number of rotatable bonds is 8. The third kappa shape index (κ3) is 6.27. The summed E-state index contributed by atoms with van der Waals surface area (Å²) in [6, 6.07) is 10.3. The van der Waals surface area contributed by atoms with E-state index in [9.17, 15) is 4.79 Å². The van der Waals surface area contributed by atoms with Crippen molar-refractivity contribution >= 4 is 45.6 Å². The van der Waals surface area contributed by atoms with Gasteiger partial charge in [0.05, 0.1) is 5.52 Å². The average molecular weight is 443 g/mol. The molecule has 1 aromatic heterocycles. The molecule has 0 radical (unpaired) electrons. The minimum absolute atomic E-state index is 0.228. The molecule has 0 spiro atoms. The van der Waals surface area contributed by atoms with Crippen LogP contribution in [-0.2, 0) is 4.79 Å². The van der Waals surface area contributed by atoms with Crippen molar-refractivity contribution in [2.75, 3.05) is 62.6 Å². The average Bonchev–Trinajstić information content (AvgIpc) is 2.81. The molecule has 168 valence electrons. The van der Waals surface area contributed by atoms with E-state index in [2.05, 4.69) is 52.5 Å². The molecule has 2 N–H and O–H groups in total. The number of anilines is 2. The number of piperazine rings is 1. The Morgan fingerprint density at radius 1 is 1.10 bits per heavy atom. The molecule has 2 aromatic rings. The van der Waals surface area contributed by atoms with Gasteiger partial charge in [-0.3, -0.25) is 4.79 Å². The maximum absolute atomic E-state index is 11.9. The molecule has 2 heterocycles. The monoisotopic (exact) mass is 442 g/mol. The van der Waals surface area contributed by atoms with Crippen LogP contribution in [0.1, 0.15) is 27.2 Å². The molecule has 0 unspecified atom stereocenters. The zero-order valence-electron chi connectivity index (χ0n) is 18.9. The third-order valence-corrected chi connectivity index (χ3v) is 6.05. The van der Waals surface area contributed by atoms with Gasteiger partial charge in [-0.1, -0.05) is 20.8 Å². The number of pyridine rings is 1. The number of likely N-dealkylation sites (N-methyl/N-ethyl adjacent to an activating group) is 1. The first-order chi connectivity index (χ1) is 15.0. The van der Waals surface area contributed by atoms with Crippen molar-refractivity contribution < 1.29 is 4.79 Å². The second-order valence-corrected chi connectivity index (χ2v) is 8.11. The molecule has 1 fully saturated rings. The number of carbonyl (C=O) groups is 1. The van der Waals surface area contributed by atoms with Crippen molar-refractivity contribution in [1.82, 2.24) is 20.1 Å². The highest BCUT2D eigenvalue weighted by Crippen LogP contribution is 2.22. The molecule has 0 saturated carbocycles. The Hall–Kier alpha value is -2.45. The predicted octanol–water partition coefficient (Wildman–Crippen LogP) is 2.92. The first-order valence-corrected chi connectivity index (χ1v) is 11.7. The minimum Gasteiger partial charge on any atom is -0.361 e. The summed E-state index contributed by atoms with van der Waals surface area (Å²) in [4.78, 5) is 23.3. The van der Waals surface area contributed by atoms with Gasteiger partial charge in [-0.2, -0.15) is 0 Å². The van der Waals surface area contributed by atoms with Crippen molar-refractivity contribution in [3.8, 4) is 0 Å². The van der Waals surface area contributed by atoms with Gasteiger partial charge in [0.1, 0.15) is 5.82 Å². The smallest absolute Gasteiger partial charge is 0.222 e. The zero-order valence-corrected chi connectivity index (χ0v) is 19.7. The number of amides is 1. The number of benzene rings is 1. The van der Waals surface area contributed by atoms with E-state index in [1.165, 1.54) is 0 Å². The first-order valence-electron chi connectivity index (χ1n) is 11.2. The van der Waals surface area contributed by atoms with E-state index >= 15 is 0 Å². The summed E-state index contributed by atoms with van der Waals surface area (Å²) in [5.41, 5.74) is 1.91. The minimum atomic E-state index is 0.228. The lowest BCUT2D eigenvalue weighted by Gasteiger charge is -2.35. The maximum Gasteiger partial charge on any atom is 0.222 e. The standard InChI is InChI=1S/C23H34N6OS/c1-4-22(30)29-15-13-28(14-16-29)21-10-7-18-17-19(8-9-20(18)26-21)25-23(31)24-11-12-27(5-2)6-3/h7-10,17H,4-6,11-16H2,1-3H3,(H2,24,25,31). The van der Waals surface area contributed by atoms with E-state index in [-0.39, 0.29) is 5.91 Å². The SMILES string of the molecule is CCC(=O)N1CCN(c2ccc3cc(NC(=S)NCCN(CC)CC)ccc3n2)CC1. The Morgan fingerprint density at radius 3 is 2.52 bits per heavy atom. The summed E-state index contributed by atoms with van der Waals surface area (Å²) < 4.78 is 0. The third-order valence-electron chi connectivity index (χ3n) is 5.80. The van der Waals surface area contributed by atoms with Crippen LogP contribution in [0.2, 0.25) is 0 Å². The second-order valence-electron chi connectivity index (χ2n) is 7.71. The molecule has 8 heteroatoms. The number of nitrogens with zero attached hydrogens (tertiary/aromatic N) is 4. The lowest BCUT2D eigenvalue weighted by Crippen LogP contribution is -2.48. The van der Waals surface area contributed by atoms with Crippen LogP contribution in [0.4, 0.5) is 11.5 Å². The molecule has 1 saturated heterocycles. The number of thiocarbonyl (C=S) groups is 1. The molecule has 1 aliphatic rings. The normalized spacial score (nSPS) is 14.2. The zero-order chi connectivity index (χ0) is 22.2. The maximum atomic E-state index is 11.9. The number of aromatic nitrogens is 1. The Bertz CT molecular complexity index is 893. The molecule has 0 atom stereocenters. The van der Waals surface area contributed by atoms with Gasteiger partial charge in [-0.15, -0.1) is 0 Å². The number of fused-ring (bicyclic) bond motifs is 1. The summed E-state index contributed by atoms with van der Waals surface area (Å²) in [6.45, 7) is 13.3. The van der Waals surface area contributed by atoms with Gasteiger partial charge in [-0.05, 0) is 55.6 Å². The van der Waals surface area contributed by atoms with Crippen molar-refractivity contribution in [2.24, 2.45) is 0 Å². The van der Waals surface area contributed by atoms with Crippen molar-refractivity contribution in [2.45, 2.75) is 27.2 Å². The highest BCUT2D eigenvalue weighted by Gasteiger charge is 2.20. The lowest BCUT2D eigenvalue weighted by molar-refractivity contribution is -0.131. The van der Waals surface area contributed by atoms with E-state index in [0.717, 1.165) is 74.8 Å². The molecular weight excluding hydrogens is 408 g/mol. The number of hydrogen-bond donors (Lipinski definition) is 2. The highest BCUT2D eigenvalue weighted by molar-refractivity contribution is 7.80. The van der Waals surface area contributed by atoms with E-state index in [0.29, 0.717) is 11.5 Å². The van der Waals surface area contributed by atoms with E-state index in [4.69, 9.17) is 17.2 Å². The van der Waals surface area contributed by atoms with Crippen LogP contribution in [-0.4, -0.2) is 78.2 Å². The van der Waals surface area contributed by atoms with Crippen LogP contribution in [0.5, 0.6) is 0 Å². The summed E-state index contributed by atoms with van der Waals surface area (Å²) in [7, 11) is 0. The Kier molecular flexibility index (Phi) is 8.43. The molecule has 1 aliphatic heterocycles. The molecule has 31 heavy (non-hydrogen) atoms. The Labute approximate surface area is 190 Å². The van der Waals surface area contributed by atoms with Gasteiger partial charge in [0, 0.05) is 56.8 Å².